The third-order valence-corrected chi connectivity index (χ3v) is 9.34. The SMILES string of the molecule is CCCCCCCCCCCCCC[C@@H](C)[C@@H](C)[C@@H](C)/C=C/[C@H]1OC(CC)[C@H](C)C(C)C1C. The maximum atomic E-state index is 6.48. The average Bonchev–Trinajstić information content (AvgIpc) is 2.82. The molecule has 0 aromatic heterocycles. The summed E-state index contributed by atoms with van der Waals surface area (Å²) in [4.78, 5) is 0. The molecule has 0 saturated carbocycles. The van der Waals surface area contributed by atoms with Crippen LogP contribution in [0.3, 0.4) is 0 Å². The molecule has 1 heteroatoms. The molecule has 0 bridgehead atoms. The van der Waals surface area contributed by atoms with Crippen LogP contribution in [0, 0.1) is 35.5 Å². The van der Waals surface area contributed by atoms with Crippen molar-refractivity contribution in [3.63, 3.8) is 0 Å². The first kappa shape index (κ1) is 30.7. The molecule has 0 aromatic carbocycles. The number of allylic oxidation sites excluding steroid dienone is 1. The second-order valence-corrected chi connectivity index (χ2v) is 11.9. The number of rotatable bonds is 18. The monoisotopic (exact) mass is 462 g/mol. The minimum atomic E-state index is 0.294. The molecule has 0 aliphatic carbocycles. The van der Waals surface area contributed by atoms with Gasteiger partial charge in [-0.2, -0.15) is 0 Å². The highest BCUT2D eigenvalue weighted by atomic mass is 16.5. The molecule has 8 atom stereocenters. The standard InChI is InChI=1S/C32H62O/c1-9-11-12-13-14-15-16-17-18-19-20-21-22-25(3)27(5)26(4)23-24-32-30(8)28(6)29(7)31(10-2)33-32/h23-32H,9-22H2,1-8H3/b24-23+/t25-,26+,27-,28?,29-,30?,31?,32-/m1/s1. The van der Waals surface area contributed by atoms with E-state index in [2.05, 4.69) is 67.5 Å². The van der Waals surface area contributed by atoms with Gasteiger partial charge in [-0.15, -0.1) is 0 Å². The Hall–Kier alpha value is -0.300. The third-order valence-electron chi connectivity index (χ3n) is 9.34. The van der Waals surface area contributed by atoms with Crippen molar-refractivity contribution in [2.45, 2.75) is 157 Å². The quantitative estimate of drug-likeness (QED) is 0.145. The van der Waals surface area contributed by atoms with Crippen LogP contribution in [-0.2, 0) is 4.74 Å². The molecule has 1 nitrogen and oxygen atoms in total. The first-order valence-electron chi connectivity index (χ1n) is 15.2. The number of hydrogen-bond donors (Lipinski definition) is 0. The molecule has 1 aliphatic rings. The summed E-state index contributed by atoms with van der Waals surface area (Å²) in [6.07, 6.45) is 25.4. The van der Waals surface area contributed by atoms with Crippen molar-refractivity contribution in [1.82, 2.24) is 0 Å². The molecule has 0 aromatic rings. The minimum absolute atomic E-state index is 0.294. The van der Waals surface area contributed by atoms with Gasteiger partial charge in [-0.3, -0.25) is 0 Å². The molecule has 1 saturated heterocycles. The summed E-state index contributed by atoms with van der Waals surface area (Å²) < 4.78 is 6.48. The van der Waals surface area contributed by atoms with Gasteiger partial charge in [0.2, 0.25) is 0 Å². The van der Waals surface area contributed by atoms with Gasteiger partial charge < -0.3 is 4.74 Å². The van der Waals surface area contributed by atoms with Crippen molar-refractivity contribution < 1.29 is 4.74 Å². The highest BCUT2D eigenvalue weighted by molar-refractivity contribution is 5.00. The van der Waals surface area contributed by atoms with E-state index in [1.165, 1.54) is 83.5 Å². The summed E-state index contributed by atoms with van der Waals surface area (Å²) in [5, 5.41) is 0. The predicted octanol–water partition coefficient (Wildman–Crippen LogP) is 10.6. The molecule has 0 radical (unpaired) electrons. The first-order chi connectivity index (χ1) is 15.8. The van der Waals surface area contributed by atoms with Crippen LogP contribution < -0.4 is 0 Å². The van der Waals surface area contributed by atoms with Crippen LogP contribution in [0.25, 0.3) is 0 Å². The molecule has 1 aliphatic heterocycles. The van der Waals surface area contributed by atoms with Crippen molar-refractivity contribution in [1.29, 1.82) is 0 Å². The van der Waals surface area contributed by atoms with Crippen LogP contribution >= 0.6 is 0 Å². The van der Waals surface area contributed by atoms with E-state index in [4.69, 9.17) is 4.74 Å². The van der Waals surface area contributed by atoms with Gasteiger partial charge in [-0.05, 0) is 41.9 Å². The zero-order valence-electron chi connectivity index (χ0n) is 24.1. The third kappa shape index (κ3) is 11.8. The highest BCUT2D eigenvalue weighted by Crippen LogP contribution is 2.37. The predicted molar refractivity (Wildman–Crippen MR) is 149 cm³/mol. The lowest BCUT2D eigenvalue weighted by Gasteiger charge is -2.43. The van der Waals surface area contributed by atoms with Gasteiger partial charge in [-0.25, -0.2) is 0 Å². The second-order valence-electron chi connectivity index (χ2n) is 11.9. The van der Waals surface area contributed by atoms with Crippen LogP contribution in [0.4, 0.5) is 0 Å². The van der Waals surface area contributed by atoms with Crippen LogP contribution in [0.15, 0.2) is 12.2 Å². The maximum absolute atomic E-state index is 6.48. The molecule has 196 valence electrons. The zero-order valence-corrected chi connectivity index (χ0v) is 24.1. The molecular weight excluding hydrogens is 400 g/mol. The number of hydrogen-bond acceptors (Lipinski definition) is 1. The van der Waals surface area contributed by atoms with Crippen LogP contribution in [0.5, 0.6) is 0 Å². The number of ether oxygens (including phenoxy) is 1. The zero-order chi connectivity index (χ0) is 24.6. The van der Waals surface area contributed by atoms with Gasteiger partial charge in [0.1, 0.15) is 0 Å². The van der Waals surface area contributed by atoms with Crippen molar-refractivity contribution >= 4 is 0 Å². The molecule has 0 spiro atoms. The van der Waals surface area contributed by atoms with E-state index in [0.717, 1.165) is 24.2 Å². The van der Waals surface area contributed by atoms with Crippen molar-refractivity contribution in [2.75, 3.05) is 0 Å². The molecule has 3 unspecified atom stereocenters. The van der Waals surface area contributed by atoms with E-state index in [-0.39, 0.29) is 0 Å². The van der Waals surface area contributed by atoms with Crippen molar-refractivity contribution in [3.8, 4) is 0 Å². The molecule has 33 heavy (non-hydrogen) atoms. The summed E-state index contributed by atoms with van der Waals surface area (Å²) in [7, 11) is 0. The fourth-order valence-corrected chi connectivity index (χ4v) is 5.80. The van der Waals surface area contributed by atoms with E-state index in [9.17, 15) is 0 Å². The lowest BCUT2D eigenvalue weighted by atomic mass is 9.75. The van der Waals surface area contributed by atoms with Crippen LogP contribution in [-0.4, -0.2) is 12.2 Å². The molecule has 0 N–H and O–H groups in total. The van der Waals surface area contributed by atoms with E-state index < -0.39 is 0 Å². The Morgan fingerprint density at radius 3 is 1.70 bits per heavy atom. The topological polar surface area (TPSA) is 9.23 Å². The summed E-state index contributed by atoms with van der Waals surface area (Å²) in [5.41, 5.74) is 0. The summed E-state index contributed by atoms with van der Waals surface area (Å²) in [6.45, 7) is 19.1. The van der Waals surface area contributed by atoms with E-state index in [1.807, 2.05) is 0 Å². The largest absolute Gasteiger partial charge is 0.370 e. The van der Waals surface area contributed by atoms with Gasteiger partial charge >= 0.3 is 0 Å². The molecular formula is C32H62O. The minimum Gasteiger partial charge on any atom is -0.370 e. The van der Waals surface area contributed by atoms with E-state index in [1.54, 1.807) is 0 Å². The first-order valence-corrected chi connectivity index (χ1v) is 15.2. The molecule has 1 fully saturated rings. The van der Waals surface area contributed by atoms with Gasteiger partial charge in [0.15, 0.2) is 0 Å². The lowest BCUT2D eigenvalue weighted by Crippen LogP contribution is -2.43. The van der Waals surface area contributed by atoms with Gasteiger partial charge in [0.25, 0.3) is 0 Å². The van der Waals surface area contributed by atoms with Crippen molar-refractivity contribution in [2.24, 2.45) is 35.5 Å². The second kappa shape index (κ2) is 18.0. The van der Waals surface area contributed by atoms with E-state index in [0.29, 0.717) is 30.0 Å². The fourth-order valence-electron chi connectivity index (χ4n) is 5.80. The van der Waals surface area contributed by atoms with Crippen LogP contribution in [0.2, 0.25) is 0 Å². The Balaban J connectivity index is 2.19. The molecule has 0 amide bonds. The summed E-state index contributed by atoms with van der Waals surface area (Å²) in [6, 6.07) is 0. The Morgan fingerprint density at radius 2 is 1.18 bits per heavy atom. The fraction of sp³-hybridized carbons (Fsp3) is 0.938. The normalized spacial score (nSPS) is 28.8. The number of unbranched alkanes of at least 4 members (excludes halogenated alkanes) is 11. The maximum Gasteiger partial charge on any atom is 0.0787 e. The Kier molecular flexibility index (Phi) is 16.8. The van der Waals surface area contributed by atoms with Crippen molar-refractivity contribution in [3.05, 3.63) is 12.2 Å². The van der Waals surface area contributed by atoms with Gasteiger partial charge in [0, 0.05) is 0 Å². The average molecular weight is 463 g/mol. The van der Waals surface area contributed by atoms with Gasteiger partial charge in [0.05, 0.1) is 12.2 Å². The molecule has 1 rings (SSSR count). The Bertz CT molecular complexity index is 481. The lowest BCUT2D eigenvalue weighted by molar-refractivity contribution is -0.113. The van der Waals surface area contributed by atoms with Gasteiger partial charge in [-0.1, -0.05) is 151 Å². The van der Waals surface area contributed by atoms with E-state index >= 15 is 0 Å². The summed E-state index contributed by atoms with van der Waals surface area (Å²) >= 11 is 0. The Labute approximate surface area is 209 Å². The molecule has 1 heterocycles. The highest BCUT2D eigenvalue weighted by Gasteiger charge is 2.37. The summed E-state index contributed by atoms with van der Waals surface area (Å²) in [5.74, 6) is 4.19. The van der Waals surface area contributed by atoms with Crippen LogP contribution in [0.1, 0.15) is 145 Å². The smallest absolute Gasteiger partial charge is 0.0787 e. The Morgan fingerprint density at radius 1 is 0.667 bits per heavy atom.